The van der Waals surface area contributed by atoms with Gasteiger partial charge in [0.2, 0.25) is 0 Å². The molecule has 0 saturated carbocycles. The minimum Gasteiger partial charge on any atom is -0.478 e. The molecule has 90 valence electrons. The summed E-state index contributed by atoms with van der Waals surface area (Å²) in [5, 5.41) is 8.21. The van der Waals surface area contributed by atoms with Gasteiger partial charge < -0.3 is 5.11 Å². The summed E-state index contributed by atoms with van der Waals surface area (Å²) in [6, 6.07) is 0. The zero-order valence-electron chi connectivity index (χ0n) is 8.76. The molecule has 2 N–H and O–H groups in total. The Labute approximate surface area is 89.5 Å². The average Bonchev–Trinajstić information content (AvgIpc) is 2.03. The maximum Gasteiger partial charge on any atom is 0.397 e. The molecule has 0 aromatic carbocycles. The summed E-state index contributed by atoms with van der Waals surface area (Å²) >= 11 is 0. The monoisotopic (exact) mass is 240 g/mol. The van der Waals surface area contributed by atoms with Gasteiger partial charge in [-0.05, 0) is 13.3 Å². The first kappa shape index (κ1) is 16.5. The van der Waals surface area contributed by atoms with Crippen LogP contribution in [0.1, 0.15) is 26.7 Å². The molecule has 0 aliphatic rings. The van der Waals surface area contributed by atoms with Crippen molar-refractivity contribution in [2.45, 2.75) is 26.7 Å². The van der Waals surface area contributed by atoms with E-state index in [4.69, 9.17) is 9.66 Å². The van der Waals surface area contributed by atoms with E-state index >= 15 is 0 Å². The third-order valence-electron chi connectivity index (χ3n) is 1.12. The molecule has 6 nitrogen and oxygen atoms in total. The smallest absolute Gasteiger partial charge is 0.397 e. The van der Waals surface area contributed by atoms with Gasteiger partial charge in [0.05, 0.1) is 6.61 Å². The van der Waals surface area contributed by atoms with Gasteiger partial charge in [-0.2, -0.15) is 8.42 Å². The summed E-state index contributed by atoms with van der Waals surface area (Å²) < 4.78 is 30.7. The Morgan fingerprint density at radius 1 is 1.40 bits per heavy atom. The van der Waals surface area contributed by atoms with Crippen molar-refractivity contribution in [3.05, 3.63) is 12.2 Å². The highest BCUT2D eigenvalue weighted by molar-refractivity contribution is 7.80. The zero-order chi connectivity index (χ0) is 12.5. The second-order valence-corrected chi connectivity index (χ2v) is 3.58. The Kier molecular flexibility index (Phi) is 9.24. The Bertz CT molecular complexity index is 292. The van der Waals surface area contributed by atoms with Crippen LogP contribution in [-0.4, -0.2) is 30.7 Å². The molecule has 15 heavy (non-hydrogen) atoms. The Hall–Kier alpha value is -0.920. The maximum atomic E-state index is 9.99. The van der Waals surface area contributed by atoms with Crippen molar-refractivity contribution in [2.24, 2.45) is 0 Å². The molecule has 0 aliphatic carbocycles. The van der Waals surface area contributed by atoms with Crippen LogP contribution >= 0.6 is 0 Å². The first-order valence-corrected chi connectivity index (χ1v) is 5.64. The van der Waals surface area contributed by atoms with Crippen molar-refractivity contribution in [3.63, 3.8) is 0 Å². The number of rotatable bonds is 5. The van der Waals surface area contributed by atoms with Crippen LogP contribution in [0.25, 0.3) is 0 Å². The second-order valence-electron chi connectivity index (χ2n) is 2.49. The molecule has 0 aromatic rings. The molecule has 0 fully saturated rings. The van der Waals surface area contributed by atoms with E-state index in [2.05, 4.69) is 10.8 Å². The number of carboxylic acids is 1. The number of hydrogen-bond acceptors (Lipinski definition) is 4. The lowest BCUT2D eigenvalue weighted by molar-refractivity contribution is -0.132. The first-order chi connectivity index (χ1) is 6.74. The quantitative estimate of drug-likeness (QED) is 0.554. The molecular formula is C8H16O6S. The fourth-order valence-electron chi connectivity index (χ4n) is 0.558. The van der Waals surface area contributed by atoms with Crippen LogP contribution < -0.4 is 0 Å². The van der Waals surface area contributed by atoms with Gasteiger partial charge in [0.1, 0.15) is 0 Å². The molecule has 0 bridgehead atoms. The zero-order valence-corrected chi connectivity index (χ0v) is 9.58. The minimum atomic E-state index is -4.17. The van der Waals surface area contributed by atoms with E-state index in [1.165, 1.54) is 6.92 Å². The molecule has 0 heterocycles. The number of carbonyl (C=O) groups is 1. The lowest BCUT2D eigenvalue weighted by atomic mass is 10.2. The van der Waals surface area contributed by atoms with E-state index in [-0.39, 0.29) is 6.61 Å². The second kappa shape index (κ2) is 8.39. The summed E-state index contributed by atoms with van der Waals surface area (Å²) in [5.74, 6) is -0.883. The normalized spacial score (nSPS) is 10.1. The van der Waals surface area contributed by atoms with Gasteiger partial charge >= 0.3 is 16.4 Å². The molecule has 0 amide bonds. The van der Waals surface area contributed by atoms with Crippen LogP contribution in [0.4, 0.5) is 0 Å². The van der Waals surface area contributed by atoms with Crippen LogP contribution in [0.3, 0.4) is 0 Å². The van der Waals surface area contributed by atoms with Crippen LogP contribution in [-0.2, 0) is 19.4 Å². The molecular weight excluding hydrogens is 224 g/mol. The van der Waals surface area contributed by atoms with Crippen molar-refractivity contribution < 1.29 is 27.1 Å². The van der Waals surface area contributed by atoms with E-state index in [1.54, 1.807) is 0 Å². The number of aliphatic carboxylic acids is 1. The summed E-state index contributed by atoms with van der Waals surface area (Å²) in [4.78, 5) is 9.99. The molecule has 0 rings (SSSR count). The van der Waals surface area contributed by atoms with E-state index in [1.807, 2.05) is 6.92 Å². The minimum absolute atomic E-state index is 0.0289. The standard InChI is InChI=1S/C6H10O2.C2H6O4S/c1-3-4-5(2)6(7)8;1-2-6-7(3,4)5/h2-4H2,1H3,(H,7,8);2H2,1H3,(H,3,4,5). The fourth-order valence-corrected chi connectivity index (χ4v) is 0.855. The molecule has 7 heteroatoms. The van der Waals surface area contributed by atoms with Crippen molar-refractivity contribution >= 4 is 16.4 Å². The summed E-state index contributed by atoms with van der Waals surface area (Å²) in [7, 11) is -4.17. The Morgan fingerprint density at radius 2 is 1.87 bits per heavy atom. The topological polar surface area (TPSA) is 101 Å². The molecule has 0 aromatic heterocycles. The third-order valence-corrected chi connectivity index (χ3v) is 1.65. The van der Waals surface area contributed by atoms with Gasteiger partial charge in [-0.25, -0.2) is 8.98 Å². The van der Waals surface area contributed by atoms with E-state index < -0.39 is 16.4 Å². The first-order valence-electron chi connectivity index (χ1n) is 4.27. The highest BCUT2D eigenvalue weighted by Crippen LogP contribution is 1.99. The van der Waals surface area contributed by atoms with Gasteiger partial charge in [-0.1, -0.05) is 19.9 Å². The van der Waals surface area contributed by atoms with Gasteiger partial charge in [0, 0.05) is 5.57 Å². The van der Waals surface area contributed by atoms with Gasteiger partial charge in [-0.3, -0.25) is 4.55 Å². The Morgan fingerprint density at radius 3 is 1.93 bits per heavy atom. The molecule has 0 saturated heterocycles. The number of carboxylic acid groups (broad SMARTS) is 1. The lowest BCUT2D eigenvalue weighted by Gasteiger charge is -1.92. The fraction of sp³-hybridized carbons (Fsp3) is 0.625. The van der Waals surface area contributed by atoms with Gasteiger partial charge in [-0.15, -0.1) is 0 Å². The largest absolute Gasteiger partial charge is 0.478 e. The molecule has 0 radical (unpaired) electrons. The van der Waals surface area contributed by atoms with E-state index in [0.29, 0.717) is 12.0 Å². The van der Waals surface area contributed by atoms with Crippen molar-refractivity contribution in [1.82, 2.24) is 0 Å². The SMILES string of the molecule is C=C(CCC)C(=O)O.CCOS(=O)(=O)O. The third kappa shape index (κ3) is 15.8. The lowest BCUT2D eigenvalue weighted by Crippen LogP contribution is -2.01. The summed E-state index contributed by atoms with van der Waals surface area (Å²) in [6.07, 6.45) is 1.44. The summed E-state index contributed by atoms with van der Waals surface area (Å²) in [5.41, 5.74) is 0.299. The molecule has 0 unspecified atom stereocenters. The van der Waals surface area contributed by atoms with Crippen molar-refractivity contribution in [2.75, 3.05) is 6.61 Å². The molecule has 0 atom stereocenters. The van der Waals surface area contributed by atoms with Gasteiger partial charge in [0.25, 0.3) is 0 Å². The van der Waals surface area contributed by atoms with Crippen LogP contribution in [0.2, 0.25) is 0 Å². The van der Waals surface area contributed by atoms with Crippen LogP contribution in [0.15, 0.2) is 12.2 Å². The average molecular weight is 240 g/mol. The van der Waals surface area contributed by atoms with Gasteiger partial charge in [0.15, 0.2) is 0 Å². The molecule has 0 spiro atoms. The highest BCUT2D eigenvalue weighted by Gasteiger charge is 1.99. The Balaban J connectivity index is 0. The number of hydrogen-bond donors (Lipinski definition) is 2. The van der Waals surface area contributed by atoms with Crippen LogP contribution in [0.5, 0.6) is 0 Å². The maximum absolute atomic E-state index is 9.99. The van der Waals surface area contributed by atoms with Crippen molar-refractivity contribution in [1.29, 1.82) is 0 Å². The highest BCUT2D eigenvalue weighted by atomic mass is 32.3. The summed E-state index contributed by atoms with van der Waals surface area (Å²) in [6.45, 7) is 6.71. The van der Waals surface area contributed by atoms with E-state index in [0.717, 1.165) is 6.42 Å². The predicted molar refractivity (Wildman–Crippen MR) is 54.9 cm³/mol. The van der Waals surface area contributed by atoms with Crippen LogP contribution in [0, 0.1) is 0 Å². The predicted octanol–water partition coefficient (Wildman–Crippen LogP) is 1.25. The van der Waals surface area contributed by atoms with E-state index in [9.17, 15) is 13.2 Å². The molecule has 0 aliphatic heterocycles. The van der Waals surface area contributed by atoms with Crippen molar-refractivity contribution in [3.8, 4) is 0 Å².